The molecule has 0 atom stereocenters. The van der Waals surface area contributed by atoms with Crippen LogP contribution < -0.4 is 10.1 Å². The van der Waals surface area contributed by atoms with Crippen molar-refractivity contribution in [3.05, 3.63) is 29.8 Å². The van der Waals surface area contributed by atoms with Crippen LogP contribution in [0.15, 0.2) is 24.3 Å². The highest BCUT2D eigenvalue weighted by atomic mass is 32.2. The van der Waals surface area contributed by atoms with Gasteiger partial charge in [-0.05, 0) is 24.6 Å². The summed E-state index contributed by atoms with van der Waals surface area (Å²) >= 11 is 1.26. The van der Waals surface area contributed by atoms with Gasteiger partial charge in [-0.15, -0.1) is 11.8 Å². The van der Waals surface area contributed by atoms with Gasteiger partial charge in [-0.2, -0.15) is 0 Å². The lowest BCUT2D eigenvalue weighted by molar-refractivity contribution is -0.133. The first-order chi connectivity index (χ1) is 9.08. The quantitative estimate of drug-likeness (QED) is 0.704. The van der Waals surface area contributed by atoms with Gasteiger partial charge < -0.3 is 15.2 Å². The van der Waals surface area contributed by atoms with Crippen LogP contribution in [0.5, 0.6) is 5.75 Å². The van der Waals surface area contributed by atoms with Gasteiger partial charge in [0.15, 0.2) is 6.61 Å². The second-order valence-corrected chi connectivity index (χ2v) is 5.01. The van der Waals surface area contributed by atoms with E-state index in [0.29, 0.717) is 18.0 Å². The Morgan fingerprint density at radius 2 is 2.21 bits per heavy atom. The number of carbonyl (C=O) groups excluding carboxylic acids is 1. The molecule has 0 fully saturated rings. The monoisotopic (exact) mass is 283 g/mol. The van der Waals surface area contributed by atoms with Crippen molar-refractivity contribution < 1.29 is 19.4 Å². The number of carbonyl (C=O) groups is 2. The molecule has 0 spiro atoms. The number of carboxylic acid groups (broad SMARTS) is 1. The minimum atomic E-state index is -0.848. The van der Waals surface area contributed by atoms with Crippen LogP contribution in [0.1, 0.15) is 5.56 Å². The molecule has 0 unspecified atom stereocenters. The van der Waals surface area contributed by atoms with E-state index >= 15 is 0 Å². The van der Waals surface area contributed by atoms with Crippen molar-refractivity contribution >= 4 is 23.6 Å². The van der Waals surface area contributed by atoms with Gasteiger partial charge in [0.05, 0.1) is 5.75 Å². The largest absolute Gasteiger partial charge is 0.484 e. The maximum atomic E-state index is 11.4. The second-order valence-electron chi connectivity index (χ2n) is 3.90. The normalized spacial score (nSPS) is 9.95. The Morgan fingerprint density at radius 3 is 2.89 bits per heavy atom. The minimum absolute atomic E-state index is 0.0347. The fourth-order valence-electron chi connectivity index (χ4n) is 1.33. The summed E-state index contributed by atoms with van der Waals surface area (Å²) in [6.45, 7) is 2.35. The van der Waals surface area contributed by atoms with Gasteiger partial charge in [-0.25, -0.2) is 0 Å². The van der Waals surface area contributed by atoms with E-state index in [9.17, 15) is 9.59 Å². The lowest BCUT2D eigenvalue weighted by Gasteiger charge is -2.07. The smallest absolute Gasteiger partial charge is 0.313 e. The summed E-state index contributed by atoms with van der Waals surface area (Å²) in [5.41, 5.74) is 1.07. The fourth-order valence-corrected chi connectivity index (χ4v) is 1.89. The number of aliphatic carboxylic acids is 1. The molecule has 104 valence electrons. The summed E-state index contributed by atoms with van der Waals surface area (Å²) in [4.78, 5) is 21.7. The van der Waals surface area contributed by atoms with E-state index in [4.69, 9.17) is 9.84 Å². The third-order valence-electron chi connectivity index (χ3n) is 2.15. The molecule has 19 heavy (non-hydrogen) atoms. The van der Waals surface area contributed by atoms with Crippen LogP contribution in [-0.4, -0.2) is 41.6 Å². The first-order valence-electron chi connectivity index (χ1n) is 5.83. The predicted octanol–water partition coefficient (Wildman–Crippen LogP) is 1.31. The molecule has 0 aliphatic carbocycles. The lowest BCUT2D eigenvalue weighted by atomic mass is 10.2. The number of benzene rings is 1. The molecule has 0 aromatic heterocycles. The Kier molecular flexibility index (Phi) is 6.81. The van der Waals surface area contributed by atoms with Crippen molar-refractivity contribution in [3.63, 3.8) is 0 Å². The van der Waals surface area contributed by atoms with Gasteiger partial charge in [-0.1, -0.05) is 12.1 Å². The SMILES string of the molecule is Cc1cccc(OCC(=O)NCCSCC(=O)O)c1. The third-order valence-corrected chi connectivity index (χ3v) is 3.10. The lowest BCUT2D eigenvalue weighted by Crippen LogP contribution is -2.30. The van der Waals surface area contributed by atoms with Gasteiger partial charge in [0.1, 0.15) is 5.75 Å². The predicted molar refractivity (Wildman–Crippen MR) is 74.6 cm³/mol. The molecular formula is C13H17NO4S. The molecule has 0 bridgehead atoms. The van der Waals surface area contributed by atoms with E-state index in [-0.39, 0.29) is 18.3 Å². The van der Waals surface area contributed by atoms with Crippen LogP contribution in [0.2, 0.25) is 0 Å². The van der Waals surface area contributed by atoms with E-state index < -0.39 is 5.97 Å². The molecule has 0 saturated carbocycles. The zero-order chi connectivity index (χ0) is 14.1. The van der Waals surface area contributed by atoms with E-state index in [0.717, 1.165) is 5.56 Å². The Morgan fingerprint density at radius 1 is 1.42 bits per heavy atom. The van der Waals surface area contributed by atoms with Crippen LogP contribution in [0.25, 0.3) is 0 Å². The van der Waals surface area contributed by atoms with Crippen LogP contribution >= 0.6 is 11.8 Å². The van der Waals surface area contributed by atoms with Crippen molar-refractivity contribution in [3.8, 4) is 5.75 Å². The Bertz CT molecular complexity index is 436. The number of rotatable bonds is 8. The molecule has 1 amide bonds. The van der Waals surface area contributed by atoms with Crippen LogP contribution in [-0.2, 0) is 9.59 Å². The van der Waals surface area contributed by atoms with Crippen molar-refractivity contribution in [1.82, 2.24) is 5.32 Å². The average molecular weight is 283 g/mol. The van der Waals surface area contributed by atoms with Gasteiger partial charge in [-0.3, -0.25) is 9.59 Å². The van der Waals surface area contributed by atoms with Crippen LogP contribution in [0.4, 0.5) is 0 Å². The Balaban J connectivity index is 2.13. The number of carboxylic acids is 1. The van der Waals surface area contributed by atoms with Crippen molar-refractivity contribution in [2.45, 2.75) is 6.92 Å². The molecule has 0 radical (unpaired) electrons. The van der Waals surface area contributed by atoms with Crippen molar-refractivity contribution in [2.24, 2.45) is 0 Å². The molecule has 0 aliphatic rings. The molecule has 0 saturated heterocycles. The molecule has 6 heteroatoms. The maximum absolute atomic E-state index is 11.4. The summed E-state index contributed by atoms with van der Waals surface area (Å²) < 4.78 is 5.33. The third kappa shape index (κ3) is 7.35. The summed E-state index contributed by atoms with van der Waals surface area (Å²) in [5.74, 6) is 0.227. The average Bonchev–Trinajstić information content (AvgIpc) is 2.35. The van der Waals surface area contributed by atoms with Crippen molar-refractivity contribution in [1.29, 1.82) is 0 Å². The van der Waals surface area contributed by atoms with Crippen LogP contribution in [0.3, 0.4) is 0 Å². The number of hydrogen-bond donors (Lipinski definition) is 2. The molecule has 1 rings (SSSR count). The number of hydrogen-bond acceptors (Lipinski definition) is 4. The summed E-state index contributed by atoms with van der Waals surface area (Å²) in [5, 5.41) is 11.1. The molecule has 5 nitrogen and oxygen atoms in total. The fraction of sp³-hybridized carbons (Fsp3) is 0.385. The number of thioether (sulfide) groups is 1. The summed E-state index contributed by atoms with van der Waals surface area (Å²) in [6, 6.07) is 7.47. The molecule has 1 aromatic rings. The molecule has 1 aromatic carbocycles. The highest BCUT2D eigenvalue weighted by Crippen LogP contribution is 2.11. The van der Waals surface area contributed by atoms with E-state index in [1.807, 2.05) is 25.1 Å². The zero-order valence-electron chi connectivity index (χ0n) is 10.7. The van der Waals surface area contributed by atoms with Gasteiger partial charge in [0, 0.05) is 12.3 Å². The zero-order valence-corrected chi connectivity index (χ0v) is 11.5. The first-order valence-corrected chi connectivity index (χ1v) is 6.99. The molecule has 0 aliphatic heterocycles. The highest BCUT2D eigenvalue weighted by Gasteiger charge is 2.03. The van der Waals surface area contributed by atoms with Gasteiger partial charge >= 0.3 is 5.97 Å². The van der Waals surface area contributed by atoms with E-state index in [1.54, 1.807) is 6.07 Å². The minimum Gasteiger partial charge on any atom is -0.484 e. The van der Waals surface area contributed by atoms with Crippen LogP contribution in [0, 0.1) is 6.92 Å². The second kappa shape index (κ2) is 8.42. The van der Waals surface area contributed by atoms with E-state index in [1.165, 1.54) is 11.8 Å². The number of aryl methyl sites for hydroxylation is 1. The van der Waals surface area contributed by atoms with Gasteiger partial charge in [0.25, 0.3) is 5.91 Å². The first kappa shape index (κ1) is 15.4. The Labute approximate surface area is 116 Å². The number of amides is 1. The Hall–Kier alpha value is -1.69. The topological polar surface area (TPSA) is 75.6 Å². The molecule has 0 heterocycles. The standard InChI is InChI=1S/C13H17NO4S/c1-10-3-2-4-11(7-10)18-8-12(15)14-5-6-19-9-13(16)17/h2-4,7H,5-6,8-9H2,1H3,(H,14,15)(H,16,17). The maximum Gasteiger partial charge on any atom is 0.313 e. The molecular weight excluding hydrogens is 266 g/mol. The molecule has 2 N–H and O–H groups in total. The summed E-state index contributed by atoms with van der Waals surface area (Å²) in [7, 11) is 0. The number of ether oxygens (including phenoxy) is 1. The van der Waals surface area contributed by atoms with Crippen molar-refractivity contribution in [2.75, 3.05) is 24.7 Å². The summed E-state index contributed by atoms with van der Waals surface area (Å²) in [6.07, 6.45) is 0. The van der Waals surface area contributed by atoms with E-state index in [2.05, 4.69) is 5.32 Å². The highest BCUT2D eigenvalue weighted by molar-refractivity contribution is 7.99. The van der Waals surface area contributed by atoms with Gasteiger partial charge in [0.2, 0.25) is 0 Å². The number of nitrogens with one attached hydrogen (secondary N) is 1.